The van der Waals surface area contributed by atoms with E-state index in [4.69, 9.17) is 0 Å². The summed E-state index contributed by atoms with van der Waals surface area (Å²) in [5.41, 5.74) is 5.15. The Morgan fingerprint density at radius 3 is 0.946 bits per heavy atom. The molecule has 0 radical (unpaired) electrons. The normalized spacial score (nSPS) is 10.5. The molecule has 0 aliphatic rings. The van der Waals surface area contributed by atoms with Gasteiger partial charge in [-0.15, -0.1) is 0 Å². The number of anilines is 4. The van der Waals surface area contributed by atoms with E-state index in [9.17, 15) is 13.2 Å². The first-order valence-corrected chi connectivity index (χ1v) is 13.2. The van der Waals surface area contributed by atoms with Crippen molar-refractivity contribution in [3.8, 4) is 0 Å². The zero-order valence-corrected chi connectivity index (χ0v) is 22.2. The average Bonchev–Trinajstić information content (AvgIpc) is 2.97. The van der Waals surface area contributed by atoms with Crippen molar-refractivity contribution in [2.45, 2.75) is 9.79 Å². The summed E-state index contributed by atoms with van der Waals surface area (Å²) in [6.07, 6.45) is 0. The fourth-order valence-electron chi connectivity index (χ4n) is 3.48. The van der Waals surface area contributed by atoms with Gasteiger partial charge in [-0.2, -0.15) is 0 Å². The molecule has 0 saturated heterocycles. The van der Waals surface area contributed by atoms with Gasteiger partial charge in [0.05, 0.1) is 9.79 Å². The minimum absolute atomic E-state index is 0.0420. The third-order valence-corrected chi connectivity index (χ3v) is 7.56. The van der Waals surface area contributed by atoms with Crippen LogP contribution < -0.4 is 21.3 Å². The Hall–Kier alpha value is -4.30. The molecule has 192 valence electrons. The van der Waals surface area contributed by atoms with Gasteiger partial charge < -0.3 is 21.3 Å². The molecule has 7 nitrogen and oxygen atoms in total. The van der Waals surface area contributed by atoms with E-state index in [-0.39, 0.29) is 5.78 Å². The third-order valence-electron chi connectivity index (χ3n) is 5.78. The van der Waals surface area contributed by atoms with Gasteiger partial charge in [0.1, 0.15) is 0 Å². The van der Waals surface area contributed by atoms with Crippen LogP contribution in [0.1, 0.15) is 15.9 Å². The molecule has 0 bridgehead atoms. The average molecular weight is 517 g/mol. The lowest BCUT2D eigenvalue weighted by Crippen LogP contribution is -2.02. The fraction of sp³-hybridized carbons (Fsp3) is 0.138. The van der Waals surface area contributed by atoms with Crippen molar-refractivity contribution in [1.82, 2.24) is 0 Å². The fourth-order valence-corrected chi connectivity index (χ4v) is 4.74. The molecule has 0 aliphatic heterocycles. The Labute approximate surface area is 218 Å². The summed E-state index contributed by atoms with van der Waals surface area (Å²) in [6, 6.07) is 28.3. The summed E-state index contributed by atoms with van der Waals surface area (Å²) in [6.45, 7) is 0. The molecule has 0 saturated carbocycles. The molecule has 0 aromatic heterocycles. The number of hydrogen-bond acceptors (Lipinski definition) is 7. The molecule has 0 amide bonds. The van der Waals surface area contributed by atoms with Gasteiger partial charge in [-0.25, -0.2) is 8.42 Å². The van der Waals surface area contributed by atoms with Gasteiger partial charge in [-0.1, -0.05) is 0 Å². The molecule has 0 aliphatic carbocycles. The van der Waals surface area contributed by atoms with Crippen LogP contribution in [0.4, 0.5) is 22.7 Å². The van der Waals surface area contributed by atoms with Crippen molar-refractivity contribution in [2.24, 2.45) is 0 Å². The first kappa shape index (κ1) is 27.3. The Morgan fingerprint density at radius 1 is 0.459 bits per heavy atom. The minimum atomic E-state index is -3.44. The lowest BCUT2D eigenvalue weighted by molar-refractivity contribution is 0.103. The van der Waals surface area contributed by atoms with Crippen LogP contribution in [-0.4, -0.2) is 42.4 Å². The Bertz CT molecular complexity index is 1300. The molecule has 4 aromatic rings. The van der Waals surface area contributed by atoms with E-state index >= 15 is 0 Å². The van der Waals surface area contributed by atoms with Gasteiger partial charge in [0.15, 0.2) is 5.78 Å². The number of benzene rings is 4. The molecule has 0 spiro atoms. The Balaban J connectivity index is 0.000000206. The van der Waals surface area contributed by atoms with Gasteiger partial charge in [0.25, 0.3) is 0 Å². The van der Waals surface area contributed by atoms with Crippen LogP contribution in [0, 0.1) is 0 Å². The molecular weight excluding hydrogens is 484 g/mol. The van der Waals surface area contributed by atoms with Crippen molar-refractivity contribution in [3.63, 3.8) is 0 Å². The van der Waals surface area contributed by atoms with E-state index < -0.39 is 9.84 Å². The smallest absolute Gasteiger partial charge is 0.206 e. The highest BCUT2D eigenvalue weighted by molar-refractivity contribution is 7.91. The molecule has 0 heterocycles. The molecule has 4 aromatic carbocycles. The van der Waals surface area contributed by atoms with Crippen LogP contribution in [0.15, 0.2) is 107 Å². The lowest BCUT2D eigenvalue weighted by atomic mass is 10.0. The van der Waals surface area contributed by atoms with Crippen LogP contribution in [0.3, 0.4) is 0 Å². The quantitative estimate of drug-likeness (QED) is 0.226. The summed E-state index contributed by atoms with van der Waals surface area (Å²) in [4.78, 5) is 12.8. The summed E-state index contributed by atoms with van der Waals surface area (Å²) < 4.78 is 24.8. The van der Waals surface area contributed by atoms with Crippen LogP contribution in [0.2, 0.25) is 0 Å². The maximum Gasteiger partial charge on any atom is 0.206 e. The van der Waals surface area contributed by atoms with E-state index in [0.717, 1.165) is 22.7 Å². The summed E-state index contributed by atoms with van der Waals surface area (Å²) in [7, 11) is 3.85. The SMILES string of the molecule is CNc1ccc(C(=O)c2ccc(NC)cc2)cc1.CNc1ccc(S(=O)(=O)c2ccc(NC)cc2)cc1. The van der Waals surface area contributed by atoms with Gasteiger partial charge in [0, 0.05) is 62.1 Å². The number of nitrogens with one attached hydrogen (secondary N) is 4. The third kappa shape index (κ3) is 6.89. The maximum atomic E-state index is 12.4. The highest BCUT2D eigenvalue weighted by Crippen LogP contribution is 2.23. The molecule has 0 atom stereocenters. The highest BCUT2D eigenvalue weighted by atomic mass is 32.2. The van der Waals surface area contributed by atoms with E-state index in [1.165, 1.54) is 0 Å². The van der Waals surface area contributed by atoms with E-state index in [1.807, 2.05) is 62.6 Å². The van der Waals surface area contributed by atoms with Crippen molar-refractivity contribution >= 4 is 38.4 Å². The largest absolute Gasteiger partial charge is 0.388 e. The summed E-state index contributed by atoms with van der Waals surface area (Å²) in [5.74, 6) is 0.0420. The number of sulfone groups is 1. The summed E-state index contributed by atoms with van der Waals surface area (Å²) >= 11 is 0. The predicted octanol–water partition coefficient (Wildman–Crippen LogP) is 5.60. The predicted molar refractivity (Wildman–Crippen MR) is 153 cm³/mol. The van der Waals surface area contributed by atoms with Crippen molar-refractivity contribution < 1.29 is 13.2 Å². The van der Waals surface area contributed by atoms with Gasteiger partial charge >= 0.3 is 0 Å². The minimum Gasteiger partial charge on any atom is -0.388 e. The molecular formula is C29H32N4O3S. The van der Waals surface area contributed by atoms with E-state index in [2.05, 4.69) is 21.3 Å². The highest BCUT2D eigenvalue weighted by Gasteiger charge is 2.17. The second-order valence-corrected chi connectivity index (χ2v) is 9.99. The lowest BCUT2D eigenvalue weighted by Gasteiger charge is -2.07. The molecule has 4 N–H and O–H groups in total. The second-order valence-electron chi connectivity index (χ2n) is 8.04. The standard InChI is InChI=1S/C15H16N2O.C14H16N2O2S/c1-16-13-7-3-11(4-8-13)15(18)12-5-9-14(17-2)10-6-12;1-15-11-3-7-13(8-4-11)19(17,18)14-9-5-12(16-2)6-10-14/h3-10,16-17H,1-2H3;3-10,15-16H,1-2H3. The zero-order valence-electron chi connectivity index (χ0n) is 21.4. The van der Waals surface area contributed by atoms with Crippen molar-refractivity contribution in [1.29, 1.82) is 0 Å². The number of rotatable bonds is 8. The maximum absolute atomic E-state index is 12.4. The number of hydrogen-bond donors (Lipinski definition) is 4. The van der Waals surface area contributed by atoms with Gasteiger partial charge in [0.2, 0.25) is 9.84 Å². The van der Waals surface area contributed by atoms with Crippen molar-refractivity contribution in [3.05, 3.63) is 108 Å². The number of ketones is 1. The summed E-state index contributed by atoms with van der Waals surface area (Å²) in [5, 5.41) is 12.0. The van der Waals surface area contributed by atoms with E-state index in [1.54, 1.807) is 62.6 Å². The van der Waals surface area contributed by atoms with Crippen LogP contribution in [0.25, 0.3) is 0 Å². The van der Waals surface area contributed by atoms with Crippen molar-refractivity contribution in [2.75, 3.05) is 49.5 Å². The number of carbonyl (C=O) groups is 1. The first-order valence-electron chi connectivity index (χ1n) is 11.7. The zero-order chi connectivity index (χ0) is 26.8. The molecule has 0 fully saturated rings. The van der Waals surface area contributed by atoms with Crippen LogP contribution >= 0.6 is 0 Å². The van der Waals surface area contributed by atoms with Crippen LogP contribution in [-0.2, 0) is 9.84 Å². The second kappa shape index (κ2) is 12.6. The monoisotopic (exact) mass is 516 g/mol. The molecule has 0 unspecified atom stereocenters. The topological polar surface area (TPSA) is 99.3 Å². The Kier molecular flexibility index (Phi) is 9.29. The molecule has 8 heteroatoms. The molecule has 37 heavy (non-hydrogen) atoms. The Morgan fingerprint density at radius 2 is 0.703 bits per heavy atom. The van der Waals surface area contributed by atoms with Gasteiger partial charge in [-0.3, -0.25) is 4.79 Å². The first-order chi connectivity index (χ1) is 17.8. The van der Waals surface area contributed by atoms with E-state index in [0.29, 0.717) is 20.9 Å². The number of carbonyl (C=O) groups excluding carboxylic acids is 1. The van der Waals surface area contributed by atoms with Crippen LogP contribution in [0.5, 0.6) is 0 Å². The molecule has 4 rings (SSSR count). The van der Waals surface area contributed by atoms with Gasteiger partial charge in [-0.05, 0) is 97.1 Å².